The summed E-state index contributed by atoms with van der Waals surface area (Å²) in [6.07, 6.45) is 0.882. The van der Waals surface area contributed by atoms with E-state index in [1.54, 1.807) is 0 Å². The van der Waals surface area contributed by atoms with Crippen molar-refractivity contribution in [1.29, 1.82) is 5.26 Å². The first-order valence-electron chi connectivity index (χ1n) is 5.26. The molecule has 0 fully saturated rings. The summed E-state index contributed by atoms with van der Waals surface area (Å²) in [6.45, 7) is 2.17. The number of hydrogen-bond donors (Lipinski definition) is 0. The van der Waals surface area contributed by atoms with Crippen LogP contribution in [0.15, 0.2) is 30.3 Å². The minimum atomic E-state index is 0.000191. The van der Waals surface area contributed by atoms with Crippen molar-refractivity contribution in [1.82, 2.24) is 4.90 Å². The van der Waals surface area contributed by atoms with E-state index in [0.717, 1.165) is 6.42 Å². The van der Waals surface area contributed by atoms with Gasteiger partial charge in [0.05, 0.1) is 12.1 Å². The van der Waals surface area contributed by atoms with E-state index in [4.69, 9.17) is 5.26 Å². The van der Waals surface area contributed by atoms with Gasteiger partial charge in [-0.2, -0.15) is 5.26 Å². The maximum absolute atomic E-state index is 9.00. The molecule has 0 saturated heterocycles. The summed E-state index contributed by atoms with van der Waals surface area (Å²) in [6, 6.07) is 12.7. The lowest BCUT2D eigenvalue weighted by molar-refractivity contribution is 0.322. The lowest BCUT2D eigenvalue weighted by Crippen LogP contribution is -2.27. The third-order valence-electron chi connectivity index (χ3n) is 2.72. The Labute approximate surface area is 92.1 Å². The quantitative estimate of drug-likeness (QED) is 0.750. The highest BCUT2D eigenvalue weighted by atomic mass is 15.1. The number of nitriles is 1. The fourth-order valence-corrected chi connectivity index (χ4v) is 1.63. The highest BCUT2D eigenvalue weighted by Gasteiger charge is 2.15. The summed E-state index contributed by atoms with van der Waals surface area (Å²) in [4.78, 5) is 1.97. The van der Waals surface area contributed by atoms with Gasteiger partial charge in [-0.1, -0.05) is 37.3 Å². The van der Waals surface area contributed by atoms with Crippen LogP contribution in [-0.4, -0.2) is 25.0 Å². The van der Waals surface area contributed by atoms with Crippen molar-refractivity contribution in [2.75, 3.05) is 14.1 Å². The standard InChI is InChI=1S/C13H18N2/c1-11(9-13(10-14)15(2)3)12-7-5-4-6-8-12/h4-8,11,13H,9H2,1-3H3. The summed E-state index contributed by atoms with van der Waals surface area (Å²) in [5.74, 6) is 0.429. The van der Waals surface area contributed by atoms with Gasteiger partial charge in [0.15, 0.2) is 0 Å². The molecule has 0 saturated carbocycles. The van der Waals surface area contributed by atoms with Crippen LogP contribution in [-0.2, 0) is 0 Å². The molecule has 15 heavy (non-hydrogen) atoms. The van der Waals surface area contributed by atoms with Crippen LogP contribution in [0.25, 0.3) is 0 Å². The van der Waals surface area contributed by atoms with E-state index in [0.29, 0.717) is 5.92 Å². The van der Waals surface area contributed by atoms with Gasteiger partial charge in [0.25, 0.3) is 0 Å². The normalized spacial score (nSPS) is 14.6. The van der Waals surface area contributed by atoms with Crippen LogP contribution in [0.5, 0.6) is 0 Å². The van der Waals surface area contributed by atoms with Gasteiger partial charge in [0.2, 0.25) is 0 Å². The zero-order valence-electron chi connectivity index (χ0n) is 9.64. The van der Waals surface area contributed by atoms with Crippen molar-refractivity contribution >= 4 is 0 Å². The lowest BCUT2D eigenvalue weighted by atomic mass is 9.94. The van der Waals surface area contributed by atoms with Crippen molar-refractivity contribution in [3.8, 4) is 6.07 Å². The first-order valence-corrected chi connectivity index (χ1v) is 5.26. The fraction of sp³-hybridized carbons (Fsp3) is 0.462. The molecular formula is C13H18N2. The van der Waals surface area contributed by atoms with Gasteiger partial charge in [0, 0.05) is 0 Å². The summed E-state index contributed by atoms with van der Waals surface area (Å²) < 4.78 is 0. The molecule has 0 amide bonds. The maximum atomic E-state index is 9.00. The minimum Gasteiger partial charge on any atom is -0.294 e. The summed E-state index contributed by atoms with van der Waals surface area (Å²) in [5.41, 5.74) is 1.31. The molecule has 0 heterocycles. The average Bonchev–Trinajstić information content (AvgIpc) is 2.26. The van der Waals surface area contributed by atoms with Crippen molar-refractivity contribution in [3.63, 3.8) is 0 Å². The van der Waals surface area contributed by atoms with Crippen LogP contribution in [0.4, 0.5) is 0 Å². The molecule has 0 spiro atoms. The van der Waals surface area contributed by atoms with Gasteiger partial charge >= 0.3 is 0 Å². The molecule has 80 valence electrons. The van der Waals surface area contributed by atoms with Crippen molar-refractivity contribution in [2.45, 2.75) is 25.3 Å². The van der Waals surface area contributed by atoms with E-state index in [1.165, 1.54) is 5.56 Å². The van der Waals surface area contributed by atoms with Gasteiger partial charge in [-0.3, -0.25) is 4.90 Å². The predicted molar refractivity (Wildman–Crippen MR) is 62.6 cm³/mol. The van der Waals surface area contributed by atoms with Crippen molar-refractivity contribution in [2.24, 2.45) is 0 Å². The smallest absolute Gasteiger partial charge is 0.0978 e. The molecule has 1 aromatic rings. The van der Waals surface area contributed by atoms with E-state index in [2.05, 4.69) is 25.1 Å². The molecule has 0 radical (unpaired) electrons. The van der Waals surface area contributed by atoms with Gasteiger partial charge in [-0.15, -0.1) is 0 Å². The third kappa shape index (κ3) is 3.38. The van der Waals surface area contributed by atoms with Gasteiger partial charge in [-0.25, -0.2) is 0 Å². The molecule has 1 aromatic carbocycles. The van der Waals surface area contributed by atoms with Crippen molar-refractivity contribution in [3.05, 3.63) is 35.9 Å². The average molecular weight is 202 g/mol. The van der Waals surface area contributed by atoms with Crippen LogP contribution >= 0.6 is 0 Å². The van der Waals surface area contributed by atoms with Crippen LogP contribution < -0.4 is 0 Å². The first-order chi connectivity index (χ1) is 7.15. The lowest BCUT2D eigenvalue weighted by Gasteiger charge is -2.21. The topological polar surface area (TPSA) is 27.0 Å². The Hall–Kier alpha value is -1.33. The zero-order chi connectivity index (χ0) is 11.3. The van der Waals surface area contributed by atoms with E-state index >= 15 is 0 Å². The van der Waals surface area contributed by atoms with Crippen LogP contribution in [0, 0.1) is 11.3 Å². The number of rotatable bonds is 4. The first kappa shape index (κ1) is 11.7. The molecule has 0 aliphatic carbocycles. The monoisotopic (exact) mass is 202 g/mol. The zero-order valence-corrected chi connectivity index (χ0v) is 9.64. The Balaban J connectivity index is 2.64. The highest BCUT2D eigenvalue weighted by molar-refractivity contribution is 5.19. The Kier molecular flexibility index (Phi) is 4.33. The van der Waals surface area contributed by atoms with Crippen LogP contribution in [0.2, 0.25) is 0 Å². The Morgan fingerprint density at radius 3 is 2.33 bits per heavy atom. The molecular weight excluding hydrogens is 184 g/mol. The Bertz CT molecular complexity index is 324. The molecule has 0 aliphatic rings. The second-order valence-electron chi connectivity index (χ2n) is 4.16. The van der Waals surface area contributed by atoms with E-state index in [9.17, 15) is 0 Å². The highest BCUT2D eigenvalue weighted by Crippen LogP contribution is 2.21. The minimum absolute atomic E-state index is 0.000191. The molecule has 2 heteroatoms. The molecule has 0 N–H and O–H groups in total. The SMILES string of the molecule is CC(CC(C#N)N(C)C)c1ccccc1. The van der Waals surface area contributed by atoms with Gasteiger partial charge < -0.3 is 0 Å². The van der Waals surface area contributed by atoms with E-state index in [1.807, 2.05) is 37.2 Å². The molecule has 2 nitrogen and oxygen atoms in total. The Morgan fingerprint density at radius 1 is 1.27 bits per heavy atom. The second kappa shape index (κ2) is 5.53. The second-order valence-corrected chi connectivity index (χ2v) is 4.16. The van der Waals surface area contributed by atoms with E-state index in [-0.39, 0.29) is 6.04 Å². The molecule has 0 bridgehead atoms. The molecule has 2 unspecified atom stereocenters. The summed E-state index contributed by atoms with van der Waals surface area (Å²) in [5, 5.41) is 9.00. The molecule has 0 aromatic heterocycles. The molecule has 0 aliphatic heterocycles. The predicted octanol–water partition coefficient (Wildman–Crippen LogP) is 2.63. The van der Waals surface area contributed by atoms with Gasteiger partial charge in [-0.05, 0) is 32.0 Å². The van der Waals surface area contributed by atoms with Crippen LogP contribution in [0.1, 0.15) is 24.8 Å². The van der Waals surface area contributed by atoms with E-state index < -0.39 is 0 Å². The number of benzene rings is 1. The molecule has 2 atom stereocenters. The maximum Gasteiger partial charge on any atom is 0.0978 e. The van der Waals surface area contributed by atoms with Crippen molar-refractivity contribution < 1.29 is 0 Å². The Morgan fingerprint density at radius 2 is 1.87 bits per heavy atom. The summed E-state index contributed by atoms with van der Waals surface area (Å²) >= 11 is 0. The fourth-order valence-electron chi connectivity index (χ4n) is 1.63. The summed E-state index contributed by atoms with van der Waals surface area (Å²) in [7, 11) is 3.90. The van der Waals surface area contributed by atoms with Gasteiger partial charge in [0.1, 0.15) is 0 Å². The van der Waals surface area contributed by atoms with Crippen LogP contribution in [0.3, 0.4) is 0 Å². The number of nitrogens with zero attached hydrogens (tertiary/aromatic N) is 2. The molecule has 1 rings (SSSR count). The number of hydrogen-bond acceptors (Lipinski definition) is 2. The third-order valence-corrected chi connectivity index (χ3v) is 2.72. The largest absolute Gasteiger partial charge is 0.294 e.